The summed E-state index contributed by atoms with van der Waals surface area (Å²) < 4.78 is 10.5. The summed E-state index contributed by atoms with van der Waals surface area (Å²) in [6.45, 7) is 0. The van der Waals surface area contributed by atoms with Gasteiger partial charge in [0.05, 0.1) is 14.2 Å². The number of hydrogen-bond donors (Lipinski definition) is 0. The SMILES string of the molecule is COc1ccc(C[C@H]2CCCCC2=O)cc1OC. The number of carbonyl (C=O) groups excluding carboxylic acids is 1. The molecule has 98 valence electrons. The highest BCUT2D eigenvalue weighted by Gasteiger charge is 2.22. The molecule has 3 heteroatoms. The van der Waals surface area contributed by atoms with Gasteiger partial charge >= 0.3 is 0 Å². The number of benzene rings is 1. The number of hydrogen-bond acceptors (Lipinski definition) is 3. The Morgan fingerprint density at radius 1 is 1.17 bits per heavy atom. The summed E-state index contributed by atoms with van der Waals surface area (Å²) >= 11 is 0. The van der Waals surface area contributed by atoms with E-state index in [-0.39, 0.29) is 5.92 Å². The number of ketones is 1. The molecule has 1 aromatic carbocycles. The van der Waals surface area contributed by atoms with Crippen LogP contribution >= 0.6 is 0 Å². The first-order chi connectivity index (χ1) is 8.74. The third-order valence-corrected chi connectivity index (χ3v) is 3.61. The minimum Gasteiger partial charge on any atom is -0.493 e. The molecular formula is C15H20O3. The van der Waals surface area contributed by atoms with Gasteiger partial charge in [-0.3, -0.25) is 4.79 Å². The predicted octanol–water partition coefficient (Wildman–Crippen LogP) is 3.01. The zero-order valence-corrected chi connectivity index (χ0v) is 11.1. The van der Waals surface area contributed by atoms with Gasteiger partial charge in [0.2, 0.25) is 0 Å². The summed E-state index contributed by atoms with van der Waals surface area (Å²) in [6.07, 6.45) is 4.81. The Hall–Kier alpha value is -1.51. The highest BCUT2D eigenvalue weighted by Crippen LogP contribution is 2.30. The molecule has 0 aromatic heterocycles. The van der Waals surface area contributed by atoms with Crippen LogP contribution < -0.4 is 9.47 Å². The Bertz CT molecular complexity index is 426. The van der Waals surface area contributed by atoms with Gasteiger partial charge in [0.1, 0.15) is 5.78 Å². The monoisotopic (exact) mass is 248 g/mol. The molecule has 18 heavy (non-hydrogen) atoms. The van der Waals surface area contributed by atoms with Gasteiger partial charge in [-0.2, -0.15) is 0 Å². The van der Waals surface area contributed by atoms with Gasteiger partial charge in [-0.05, 0) is 37.0 Å². The van der Waals surface area contributed by atoms with Crippen LogP contribution in [-0.4, -0.2) is 20.0 Å². The lowest BCUT2D eigenvalue weighted by atomic mass is 9.84. The summed E-state index contributed by atoms with van der Waals surface area (Å²) in [7, 11) is 3.26. The molecule has 0 aliphatic heterocycles. The van der Waals surface area contributed by atoms with Crippen molar-refractivity contribution in [2.24, 2.45) is 5.92 Å². The van der Waals surface area contributed by atoms with Crippen LogP contribution in [0.5, 0.6) is 11.5 Å². The van der Waals surface area contributed by atoms with Crippen molar-refractivity contribution in [2.75, 3.05) is 14.2 Å². The summed E-state index contributed by atoms with van der Waals surface area (Å²) in [4.78, 5) is 11.8. The number of Topliss-reactive ketones (excluding diaryl/α,β-unsaturated/α-hetero) is 1. The number of carbonyl (C=O) groups is 1. The normalized spacial score (nSPS) is 19.7. The van der Waals surface area contributed by atoms with Gasteiger partial charge in [-0.1, -0.05) is 12.5 Å². The van der Waals surface area contributed by atoms with Crippen molar-refractivity contribution in [3.63, 3.8) is 0 Å². The van der Waals surface area contributed by atoms with Crippen LogP contribution in [0.4, 0.5) is 0 Å². The highest BCUT2D eigenvalue weighted by molar-refractivity contribution is 5.81. The van der Waals surface area contributed by atoms with Crippen LogP contribution in [0.1, 0.15) is 31.2 Å². The van der Waals surface area contributed by atoms with Gasteiger partial charge in [0, 0.05) is 12.3 Å². The van der Waals surface area contributed by atoms with E-state index in [0.717, 1.165) is 42.7 Å². The second-order valence-electron chi connectivity index (χ2n) is 4.80. The molecule has 0 radical (unpaired) electrons. The predicted molar refractivity (Wildman–Crippen MR) is 70.2 cm³/mol. The molecule has 0 saturated heterocycles. The third-order valence-electron chi connectivity index (χ3n) is 3.61. The topological polar surface area (TPSA) is 35.5 Å². The summed E-state index contributed by atoms with van der Waals surface area (Å²) in [5.74, 6) is 2.07. The van der Waals surface area contributed by atoms with Crippen molar-refractivity contribution in [1.29, 1.82) is 0 Å². The lowest BCUT2D eigenvalue weighted by Crippen LogP contribution is -2.21. The molecule has 1 fully saturated rings. The highest BCUT2D eigenvalue weighted by atomic mass is 16.5. The molecule has 0 unspecified atom stereocenters. The van der Waals surface area contributed by atoms with Gasteiger partial charge in [-0.25, -0.2) is 0 Å². The van der Waals surface area contributed by atoms with Gasteiger partial charge in [0.25, 0.3) is 0 Å². The molecule has 1 saturated carbocycles. The van der Waals surface area contributed by atoms with E-state index in [2.05, 4.69) is 0 Å². The van der Waals surface area contributed by atoms with E-state index >= 15 is 0 Å². The second-order valence-corrected chi connectivity index (χ2v) is 4.80. The fraction of sp³-hybridized carbons (Fsp3) is 0.533. The molecule has 1 aromatic rings. The minimum absolute atomic E-state index is 0.192. The summed E-state index contributed by atoms with van der Waals surface area (Å²) in [6, 6.07) is 5.89. The lowest BCUT2D eigenvalue weighted by Gasteiger charge is -2.20. The maximum absolute atomic E-state index is 11.8. The van der Waals surface area contributed by atoms with Crippen molar-refractivity contribution < 1.29 is 14.3 Å². The molecule has 3 nitrogen and oxygen atoms in total. The van der Waals surface area contributed by atoms with Crippen LogP contribution in [0.15, 0.2) is 18.2 Å². The maximum Gasteiger partial charge on any atom is 0.160 e. The number of methoxy groups -OCH3 is 2. The number of rotatable bonds is 4. The second kappa shape index (κ2) is 5.89. The molecular weight excluding hydrogens is 228 g/mol. The first-order valence-electron chi connectivity index (χ1n) is 6.48. The van der Waals surface area contributed by atoms with Crippen molar-refractivity contribution >= 4 is 5.78 Å². The van der Waals surface area contributed by atoms with Gasteiger partial charge < -0.3 is 9.47 Å². The van der Waals surface area contributed by atoms with E-state index in [1.54, 1.807) is 14.2 Å². The van der Waals surface area contributed by atoms with Crippen LogP contribution in [-0.2, 0) is 11.2 Å². The van der Waals surface area contributed by atoms with Crippen molar-refractivity contribution in [2.45, 2.75) is 32.1 Å². The van der Waals surface area contributed by atoms with E-state index in [9.17, 15) is 4.79 Å². The average molecular weight is 248 g/mol. The summed E-state index contributed by atoms with van der Waals surface area (Å²) in [5.41, 5.74) is 1.15. The van der Waals surface area contributed by atoms with Gasteiger partial charge in [0.15, 0.2) is 11.5 Å². The largest absolute Gasteiger partial charge is 0.493 e. The van der Waals surface area contributed by atoms with Crippen LogP contribution in [0, 0.1) is 5.92 Å². The zero-order valence-electron chi connectivity index (χ0n) is 11.1. The Balaban J connectivity index is 2.11. The molecule has 0 N–H and O–H groups in total. The van der Waals surface area contributed by atoms with Crippen molar-refractivity contribution in [1.82, 2.24) is 0 Å². The van der Waals surface area contributed by atoms with E-state index in [4.69, 9.17) is 9.47 Å². The van der Waals surface area contributed by atoms with Crippen LogP contribution in [0.25, 0.3) is 0 Å². The van der Waals surface area contributed by atoms with E-state index < -0.39 is 0 Å². The maximum atomic E-state index is 11.8. The average Bonchev–Trinajstić information content (AvgIpc) is 2.41. The first kappa shape index (κ1) is 12.9. The standard InChI is InChI=1S/C15H20O3/c1-17-14-8-7-11(10-15(14)18-2)9-12-5-3-4-6-13(12)16/h7-8,10,12H,3-6,9H2,1-2H3/t12-/m1/s1. The molecule has 1 aliphatic carbocycles. The zero-order chi connectivity index (χ0) is 13.0. The Kier molecular flexibility index (Phi) is 4.24. The van der Waals surface area contributed by atoms with Crippen LogP contribution in [0.2, 0.25) is 0 Å². The van der Waals surface area contributed by atoms with Crippen molar-refractivity contribution in [3.8, 4) is 11.5 Å². The Morgan fingerprint density at radius 2 is 1.94 bits per heavy atom. The van der Waals surface area contributed by atoms with E-state index in [1.165, 1.54) is 6.42 Å². The first-order valence-corrected chi connectivity index (χ1v) is 6.48. The molecule has 1 atom stereocenters. The van der Waals surface area contributed by atoms with E-state index in [0.29, 0.717) is 5.78 Å². The number of ether oxygens (including phenoxy) is 2. The van der Waals surface area contributed by atoms with E-state index in [1.807, 2.05) is 18.2 Å². The molecule has 0 heterocycles. The molecule has 0 amide bonds. The van der Waals surface area contributed by atoms with Crippen molar-refractivity contribution in [3.05, 3.63) is 23.8 Å². The lowest BCUT2D eigenvalue weighted by molar-refractivity contribution is -0.124. The summed E-state index contributed by atoms with van der Waals surface area (Å²) in [5, 5.41) is 0. The van der Waals surface area contributed by atoms with Crippen LogP contribution in [0.3, 0.4) is 0 Å². The fourth-order valence-electron chi connectivity index (χ4n) is 2.56. The molecule has 2 rings (SSSR count). The van der Waals surface area contributed by atoms with Gasteiger partial charge in [-0.15, -0.1) is 0 Å². The molecule has 0 bridgehead atoms. The fourth-order valence-corrected chi connectivity index (χ4v) is 2.56. The Morgan fingerprint density at radius 3 is 2.61 bits per heavy atom. The third kappa shape index (κ3) is 2.84. The quantitative estimate of drug-likeness (QED) is 0.821. The molecule has 1 aliphatic rings. The minimum atomic E-state index is 0.192. The smallest absolute Gasteiger partial charge is 0.160 e. The molecule has 0 spiro atoms. The Labute approximate surface area is 108 Å².